The molecule has 0 unspecified atom stereocenters. The van der Waals surface area contributed by atoms with E-state index >= 15 is 0 Å². The molecule has 7 heteroatoms. The Morgan fingerprint density at radius 1 is 1.29 bits per heavy atom. The molecule has 1 aromatic rings. The van der Waals surface area contributed by atoms with Gasteiger partial charge in [-0.15, -0.1) is 0 Å². The van der Waals surface area contributed by atoms with Gasteiger partial charge in [0.05, 0.1) is 6.26 Å². The summed E-state index contributed by atoms with van der Waals surface area (Å²) in [5, 5.41) is 3.62. The third-order valence-electron chi connectivity index (χ3n) is 4.32. The van der Waals surface area contributed by atoms with Crippen LogP contribution in [0.3, 0.4) is 0 Å². The molecule has 1 fully saturated rings. The number of nitrogens with zero attached hydrogens (tertiary/aromatic N) is 1. The van der Waals surface area contributed by atoms with E-state index in [1.165, 1.54) is 10.6 Å². The summed E-state index contributed by atoms with van der Waals surface area (Å²) in [5.41, 5.74) is 0.978. The van der Waals surface area contributed by atoms with Crippen molar-refractivity contribution in [3.05, 3.63) is 34.9 Å². The maximum Gasteiger partial charge on any atom is 0.221 e. The number of hydrogen-bond donors (Lipinski definition) is 1. The Hall–Kier alpha value is -1.11. The van der Waals surface area contributed by atoms with Crippen LogP contribution in [0.1, 0.15) is 37.7 Å². The van der Waals surface area contributed by atoms with Crippen LogP contribution < -0.4 is 5.32 Å². The minimum atomic E-state index is -3.35. The number of hydrogen-bond acceptors (Lipinski definition) is 3. The zero-order valence-electron chi connectivity index (χ0n) is 14.0. The normalized spacial score (nSPS) is 15.8. The number of rotatable bonds is 8. The van der Waals surface area contributed by atoms with E-state index in [9.17, 15) is 13.2 Å². The van der Waals surface area contributed by atoms with Gasteiger partial charge in [0.2, 0.25) is 15.9 Å². The van der Waals surface area contributed by atoms with Crippen LogP contribution in [0.25, 0.3) is 0 Å². The van der Waals surface area contributed by atoms with E-state index < -0.39 is 10.0 Å². The molecule has 1 saturated carbocycles. The van der Waals surface area contributed by atoms with Gasteiger partial charge in [0.15, 0.2) is 0 Å². The molecular formula is C17H25ClN2O3S. The molecule has 24 heavy (non-hydrogen) atoms. The molecule has 1 amide bonds. The van der Waals surface area contributed by atoms with E-state index in [4.69, 9.17) is 11.6 Å². The Labute approximate surface area is 149 Å². The zero-order chi connectivity index (χ0) is 17.6. The lowest BCUT2D eigenvalue weighted by molar-refractivity contribution is -0.121. The number of carbonyl (C=O) groups excluding carboxylic acids is 1. The molecule has 0 spiro atoms. The van der Waals surface area contributed by atoms with Crippen molar-refractivity contribution in [3.8, 4) is 0 Å². The van der Waals surface area contributed by atoms with Crippen molar-refractivity contribution in [2.24, 2.45) is 0 Å². The Balaban J connectivity index is 1.85. The molecule has 0 atom stereocenters. The van der Waals surface area contributed by atoms with E-state index in [1.54, 1.807) is 6.07 Å². The maximum absolute atomic E-state index is 12.0. The van der Waals surface area contributed by atoms with E-state index in [0.717, 1.165) is 31.2 Å². The Bertz CT molecular complexity index is 658. The van der Waals surface area contributed by atoms with E-state index in [1.807, 2.05) is 18.2 Å². The van der Waals surface area contributed by atoms with Crippen molar-refractivity contribution in [2.75, 3.05) is 19.3 Å². The SMILES string of the molecule is CS(=O)(=O)N(CCC(=O)NC1CCCC1)CCc1cccc(Cl)c1. The van der Waals surface area contributed by atoms with Gasteiger partial charge in [-0.25, -0.2) is 12.7 Å². The predicted molar refractivity (Wildman–Crippen MR) is 96.6 cm³/mol. The van der Waals surface area contributed by atoms with E-state index in [-0.39, 0.29) is 24.9 Å². The fourth-order valence-corrected chi connectivity index (χ4v) is 4.04. The second-order valence-corrected chi connectivity index (χ2v) is 8.76. The first-order valence-corrected chi connectivity index (χ1v) is 10.6. The van der Waals surface area contributed by atoms with Crippen LogP contribution in [0.4, 0.5) is 0 Å². The summed E-state index contributed by atoms with van der Waals surface area (Å²) < 4.78 is 25.3. The Morgan fingerprint density at radius 2 is 2.00 bits per heavy atom. The monoisotopic (exact) mass is 372 g/mol. The van der Waals surface area contributed by atoms with Crippen LogP contribution in [-0.2, 0) is 21.2 Å². The molecule has 1 aromatic carbocycles. The van der Waals surface area contributed by atoms with Crippen molar-refractivity contribution in [1.82, 2.24) is 9.62 Å². The van der Waals surface area contributed by atoms with Gasteiger partial charge in [-0.3, -0.25) is 4.79 Å². The Morgan fingerprint density at radius 3 is 2.62 bits per heavy atom. The lowest BCUT2D eigenvalue weighted by Gasteiger charge is -2.20. The highest BCUT2D eigenvalue weighted by Crippen LogP contribution is 2.17. The third-order valence-corrected chi connectivity index (χ3v) is 5.85. The van der Waals surface area contributed by atoms with Gasteiger partial charge in [0.1, 0.15) is 0 Å². The molecule has 0 aliphatic heterocycles. The van der Waals surface area contributed by atoms with Crippen molar-refractivity contribution >= 4 is 27.5 Å². The fourth-order valence-electron chi connectivity index (χ4n) is 2.99. The minimum Gasteiger partial charge on any atom is -0.353 e. The summed E-state index contributed by atoms with van der Waals surface area (Å²) in [6.45, 7) is 0.549. The summed E-state index contributed by atoms with van der Waals surface area (Å²) in [7, 11) is -3.35. The van der Waals surface area contributed by atoms with Crippen molar-refractivity contribution in [1.29, 1.82) is 0 Å². The summed E-state index contributed by atoms with van der Waals surface area (Å²) in [6.07, 6.45) is 6.30. The first kappa shape index (κ1) is 19.2. The number of sulfonamides is 1. The molecule has 0 bridgehead atoms. The number of carbonyl (C=O) groups is 1. The van der Waals surface area contributed by atoms with Crippen LogP contribution in [0, 0.1) is 0 Å². The first-order chi connectivity index (χ1) is 11.3. The molecule has 0 heterocycles. The zero-order valence-corrected chi connectivity index (χ0v) is 15.6. The van der Waals surface area contributed by atoms with Gasteiger partial charge in [-0.1, -0.05) is 36.6 Å². The number of benzene rings is 1. The standard InChI is InChI=1S/C17H25ClN2O3S/c1-24(22,23)20(11-9-14-5-4-6-15(18)13-14)12-10-17(21)19-16-7-2-3-8-16/h4-6,13,16H,2-3,7-12H2,1H3,(H,19,21). The number of amides is 1. The van der Waals surface area contributed by atoms with E-state index in [0.29, 0.717) is 18.0 Å². The summed E-state index contributed by atoms with van der Waals surface area (Å²) in [4.78, 5) is 12.0. The second-order valence-electron chi connectivity index (χ2n) is 6.34. The van der Waals surface area contributed by atoms with Crippen molar-refractivity contribution in [2.45, 2.75) is 44.6 Å². The topological polar surface area (TPSA) is 66.5 Å². The van der Waals surface area contributed by atoms with Crippen LogP contribution in [0.15, 0.2) is 24.3 Å². The summed E-state index contributed by atoms with van der Waals surface area (Å²) in [5.74, 6) is -0.0710. The maximum atomic E-state index is 12.0. The predicted octanol–water partition coefficient (Wildman–Crippen LogP) is 2.59. The molecule has 134 valence electrons. The number of nitrogens with one attached hydrogen (secondary N) is 1. The quantitative estimate of drug-likeness (QED) is 0.762. The molecule has 1 aliphatic rings. The molecule has 1 aliphatic carbocycles. The summed E-state index contributed by atoms with van der Waals surface area (Å²) in [6, 6.07) is 7.63. The van der Waals surface area contributed by atoms with Crippen LogP contribution in [0.5, 0.6) is 0 Å². The van der Waals surface area contributed by atoms with Gasteiger partial charge in [0, 0.05) is 30.6 Å². The lowest BCUT2D eigenvalue weighted by Crippen LogP contribution is -2.38. The van der Waals surface area contributed by atoms with Gasteiger partial charge in [-0.2, -0.15) is 0 Å². The highest BCUT2D eigenvalue weighted by Gasteiger charge is 2.20. The molecular weight excluding hydrogens is 348 g/mol. The molecule has 0 aromatic heterocycles. The number of halogens is 1. The third kappa shape index (κ3) is 6.42. The molecule has 5 nitrogen and oxygen atoms in total. The minimum absolute atomic E-state index is 0.0710. The van der Waals surface area contributed by atoms with Gasteiger partial charge in [-0.05, 0) is 37.0 Å². The van der Waals surface area contributed by atoms with Gasteiger partial charge < -0.3 is 5.32 Å². The van der Waals surface area contributed by atoms with Crippen molar-refractivity contribution < 1.29 is 13.2 Å². The first-order valence-electron chi connectivity index (χ1n) is 8.33. The fraction of sp³-hybridized carbons (Fsp3) is 0.588. The van der Waals surface area contributed by atoms with E-state index in [2.05, 4.69) is 5.32 Å². The molecule has 0 saturated heterocycles. The molecule has 1 N–H and O–H groups in total. The van der Waals surface area contributed by atoms with Crippen LogP contribution >= 0.6 is 11.6 Å². The second kappa shape index (κ2) is 8.83. The van der Waals surface area contributed by atoms with Crippen LogP contribution in [-0.4, -0.2) is 44.0 Å². The molecule has 0 radical (unpaired) electrons. The molecule has 2 rings (SSSR count). The Kier molecular flexibility index (Phi) is 7.07. The van der Waals surface area contributed by atoms with Crippen molar-refractivity contribution in [3.63, 3.8) is 0 Å². The average Bonchev–Trinajstić information content (AvgIpc) is 2.98. The average molecular weight is 373 g/mol. The van der Waals surface area contributed by atoms with Gasteiger partial charge >= 0.3 is 0 Å². The highest BCUT2D eigenvalue weighted by molar-refractivity contribution is 7.88. The largest absolute Gasteiger partial charge is 0.353 e. The highest BCUT2D eigenvalue weighted by atomic mass is 35.5. The smallest absolute Gasteiger partial charge is 0.221 e. The summed E-state index contributed by atoms with van der Waals surface area (Å²) >= 11 is 5.95. The van der Waals surface area contributed by atoms with Gasteiger partial charge in [0.25, 0.3) is 0 Å². The lowest BCUT2D eigenvalue weighted by atomic mass is 10.1. The van der Waals surface area contributed by atoms with Crippen LogP contribution in [0.2, 0.25) is 5.02 Å².